The van der Waals surface area contributed by atoms with E-state index < -0.39 is 0 Å². The SMILES string of the molecule is C1=CC2=CN3c4ccccc4CC3N2C=C1.C=C1Oc2ccccc2[C-]=C1c1ccccn1.CC(=O)C=C(C)O.CC(C)c1cccc(C(C)C)c1-n1cc[n+]2c1-c1ccccc1C2.CC(C)n1nc2c3ccccc3c3cccc4c3c2[n+]1C4.[Ir].[Ir].[c-]1ccccc1-c1cc(-c2ccccc2)c2cc(-c3ccccc3)ccc2n1.[c-]1ccccc1-c1ccccn1. The molecule has 13 nitrogen and oxygen atoms in total. The summed E-state index contributed by atoms with van der Waals surface area (Å²) in [5.74, 6) is 3.62. The van der Waals surface area contributed by atoms with Crippen molar-refractivity contribution in [3.8, 4) is 67.6 Å². The number of ketones is 1. The standard InChI is InChI=1S/C27H18N.C22H25N2.C18H16N3.C15H10NO.C14H12N2.C11H8N.C5H8O2.2Ir/c1-4-10-20(11-5-1)23-16-17-26-25(18-23)24(21-12-6-2-7-13-21)19-27(28-26)22-14-8-3-9-15-22;1-15(2)18-10-7-11-19(16(3)4)21(18)24-13-12-23-14-17-8-5-6-9-20(17)22(23)24;1-11(2)21-19-17-15-8-4-3-7-13(15)14-9-5-6-12-10-20(21)18(17)16(12)14;1-11-13(14-7-4-5-9-16-14)10-12-6-2-3-8-15(12)17-11;1-2-7-13-11(5-1)9-14-15-8-4-3-6-12(15)10-16(13)14;1-2-6-10(7-3-1)11-8-4-5-9-12-11;1-4(6)3-5(2)7;;/h1-14,16-19H;5-13,15-16H,14H2,1-4H3;3-9,11H,10H2,1-2H3;2-9H,1H2;1-8,10,14H,9H2;1-6,8-9H;3,6H,1-2H3;;/q-1;2*+1;-1;;-1;;;. The summed E-state index contributed by atoms with van der Waals surface area (Å²) >= 11 is 0. The zero-order chi connectivity index (χ0) is 86.0. The average Bonchev–Trinajstić information content (AvgIpc) is 1.55. The van der Waals surface area contributed by atoms with Crippen LogP contribution < -0.4 is 18.9 Å². The molecule has 0 spiro atoms. The van der Waals surface area contributed by atoms with Gasteiger partial charge in [-0.15, -0.1) is 88.6 Å². The van der Waals surface area contributed by atoms with E-state index in [1.807, 2.05) is 115 Å². The van der Waals surface area contributed by atoms with Gasteiger partial charge in [0, 0.05) is 132 Å². The number of aromatic nitrogens is 8. The van der Waals surface area contributed by atoms with Gasteiger partial charge in [0.1, 0.15) is 43.4 Å². The zero-order valence-corrected chi connectivity index (χ0v) is 77.0. The molecule has 6 aliphatic rings. The molecule has 0 saturated heterocycles. The van der Waals surface area contributed by atoms with E-state index in [0.29, 0.717) is 29.8 Å². The molecular formula is C112H97Ir2N10O3-. The minimum atomic E-state index is -0.125. The first-order valence-electron chi connectivity index (χ1n) is 42.7. The maximum Gasteiger partial charge on any atom is 0.294 e. The number of aliphatic hydroxyl groups is 1. The molecule has 2 radical (unpaired) electrons. The molecule has 1 atom stereocenters. The Balaban J connectivity index is 0.000000117. The van der Waals surface area contributed by atoms with Crippen LogP contribution in [0.1, 0.15) is 112 Å². The Hall–Kier alpha value is -13.9. The summed E-state index contributed by atoms with van der Waals surface area (Å²) in [5.41, 5.74) is 27.2. The van der Waals surface area contributed by atoms with Crippen LogP contribution in [-0.4, -0.2) is 51.4 Å². The molecular weight excluding hydrogens is 1920 g/mol. The molecule has 632 valence electrons. The number of hydrogen-bond donors (Lipinski definition) is 1. The van der Waals surface area contributed by atoms with Gasteiger partial charge in [-0.25, -0.2) is 4.57 Å². The van der Waals surface area contributed by atoms with Crippen molar-refractivity contribution in [2.45, 2.75) is 98.9 Å². The summed E-state index contributed by atoms with van der Waals surface area (Å²) in [7, 11) is 0. The van der Waals surface area contributed by atoms with E-state index in [0.717, 1.165) is 81.0 Å². The second-order valence-electron chi connectivity index (χ2n) is 32.3. The Bertz CT molecular complexity index is 6920. The van der Waals surface area contributed by atoms with Crippen LogP contribution >= 0.6 is 0 Å². The normalized spacial score (nSPS) is 13.5. The van der Waals surface area contributed by atoms with Crippen LogP contribution in [0.5, 0.6) is 5.75 Å². The summed E-state index contributed by atoms with van der Waals surface area (Å²) < 4.78 is 12.8. The Morgan fingerprint density at radius 2 is 1.17 bits per heavy atom. The zero-order valence-electron chi connectivity index (χ0n) is 72.2. The number of nitrogens with zero attached hydrogens (tertiary/aromatic N) is 10. The number of carbonyl (C=O) groups excluding carboxylic acids is 1. The van der Waals surface area contributed by atoms with Gasteiger partial charge in [-0.2, -0.15) is 4.57 Å². The van der Waals surface area contributed by atoms with E-state index in [1.54, 1.807) is 12.4 Å². The van der Waals surface area contributed by atoms with E-state index in [2.05, 4.69) is 336 Å². The number of para-hydroxylation sites is 3. The van der Waals surface area contributed by atoms with Crippen molar-refractivity contribution in [3.63, 3.8) is 0 Å². The molecule has 0 saturated carbocycles. The van der Waals surface area contributed by atoms with Crippen LogP contribution in [0, 0.1) is 18.2 Å². The Morgan fingerprint density at radius 3 is 1.84 bits per heavy atom. The van der Waals surface area contributed by atoms with Crippen LogP contribution in [-0.2, 0) is 64.5 Å². The van der Waals surface area contributed by atoms with E-state index in [-0.39, 0.29) is 51.8 Å². The quantitative estimate of drug-likeness (QED) is 0.0469. The first kappa shape index (κ1) is 88.0. The molecule has 17 aromatic rings. The Labute approximate surface area is 770 Å². The molecule has 0 aliphatic carbocycles. The van der Waals surface area contributed by atoms with Gasteiger partial charge < -0.3 is 24.6 Å². The van der Waals surface area contributed by atoms with E-state index in [4.69, 9.17) is 19.9 Å². The van der Waals surface area contributed by atoms with Crippen molar-refractivity contribution in [3.05, 3.63) is 446 Å². The number of allylic oxidation sites excluding steroid dienone is 6. The van der Waals surface area contributed by atoms with Gasteiger partial charge in [0.2, 0.25) is 5.52 Å². The predicted octanol–water partition coefficient (Wildman–Crippen LogP) is 25.1. The average molecular weight is 2020 g/mol. The van der Waals surface area contributed by atoms with Crippen LogP contribution in [0.25, 0.3) is 111 Å². The smallest absolute Gasteiger partial charge is 0.294 e. The maximum absolute atomic E-state index is 10.0. The van der Waals surface area contributed by atoms with Crippen molar-refractivity contribution in [2.24, 2.45) is 0 Å². The number of anilines is 1. The number of carbonyl (C=O) groups is 1. The summed E-state index contributed by atoms with van der Waals surface area (Å²) in [6.07, 6.45) is 24.8. The molecule has 6 aliphatic heterocycles. The minimum absolute atomic E-state index is 0. The Morgan fingerprint density at radius 1 is 0.559 bits per heavy atom. The van der Waals surface area contributed by atoms with Gasteiger partial charge in [0.15, 0.2) is 5.78 Å². The van der Waals surface area contributed by atoms with Crippen LogP contribution in [0.3, 0.4) is 0 Å². The number of fused-ring (bicyclic) bond motifs is 13. The van der Waals surface area contributed by atoms with Crippen molar-refractivity contribution in [2.75, 3.05) is 4.90 Å². The Kier molecular flexibility index (Phi) is 27.7. The van der Waals surface area contributed by atoms with Crippen molar-refractivity contribution >= 4 is 60.5 Å². The molecule has 1 N–H and O–H groups in total. The van der Waals surface area contributed by atoms with Gasteiger partial charge in [0.25, 0.3) is 11.3 Å². The minimum Gasteiger partial charge on any atom is -0.527 e. The monoisotopic (exact) mass is 2020 g/mol. The molecule has 15 heteroatoms. The van der Waals surface area contributed by atoms with Gasteiger partial charge in [0.05, 0.1) is 34.0 Å². The van der Waals surface area contributed by atoms with Gasteiger partial charge in [-0.05, 0) is 149 Å². The van der Waals surface area contributed by atoms with Crippen LogP contribution in [0.15, 0.2) is 389 Å². The van der Waals surface area contributed by atoms with Gasteiger partial charge >= 0.3 is 0 Å². The van der Waals surface area contributed by atoms with Crippen molar-refractivity contribution in [1.82, 2.24) is 34.3 Å². The summed E-state index contributed by atoms with van der Waals surface area (Å²) in [6.45, 7) is 22.2. The number of pyridine rings is 3. The largest absolute Gasteiger partial charge is 0.527 e. The summed E-state index contributed by atoms with van der Waals surface area (Å²) in [6, 6.07) is 111. The van der Waals surface area contributed by atoms with E-state index in [9.17, 15) is 4.79 Å². The van der Waals surface area contributed by atoms with E-state index >= 15 is 0 Å². The molecule has 12 aromatic carbocycles. The summed E-state index contributed by atoms with van der Waals surface area (Å²) in [5, 5.41) is 19.7. The van der Waals surface area contributed by atoms with Crippen LogP contribution in [0.2, 0.25) is 0 Å². The molecule has 127 heavy (non-hydrogen) atoms. The predicted molar refractivity (Wildman–Crippen MR) is 506 cm³/mol. The van der Waals surface area contributed by atoms with Crippen molar-refractivity contribution in [1.29, 1.82) is 0 Å². The fourth-order valence-electron chi connectivity index (χ4n) is 17.1. The molecule has 11 heterocycles. The second kappa shape index (κ2) is 39.9. The topological polar surface area (TPSA) is 122 Å². The molecule has 0 bridgehead atoms. The van der Waals surface area contributed by atoms with Gasteiger partial charge in [-0.1, -0.05) is 258 Å². The molecule has 5 aromatic heterocycles. The van der Waals surface area contributed by atoms with E-state index in [1.165, 1.54) is 126 Å². The number of benzene rings is 12. The number of ether oxygens (including phenoxy) is 1. The maximum atomic E-state index is 10.0. The number of aliphatic hydroxyl groups excluding tert-OH is 1. The van der Waals surface area contributed by atoms with Crippen molar-refractivity contribution < 1.29 is 64.1 Å². The second-order valence-corrected chi connectivity index (χ2v) is 32.3. The first-order chi connectivity index (χ1) is 61.1. The number of imidazole rings is 1. The number of hydrogen-bond acceptors (Lipinski definition) is 9. The fourth-order valence-corrected chi connectivity index (χ4v) is 17.1. The molecule has 0 fully saturated rings. The third-order valence-electron chi connectivity index (χ3n) is 22.8. The number of rotatable bonds is 10. The third kappa shape index (κ3) is 19.0. The fraction of sp³-hybridized carbons (Fsp3) is 0.134. The van der Waals surface area contributed by atoms with Gasteiger partial charge in [-0.3, -0.25) is 14.8 Å². The molecule has 0 amide bonds. The summed E-state index contributed by atoms with van der Waals surface area (Å²) in [4.78, 5) is 30.3. The van der Waals surface area contributed by atoms with Crippen LogP contribution in [0.4, 0.5) is 5.69 Å². The third-order valence-corrected chi connectivity index (χ3v) is 22.8. The molecule has 1 unspecified atom stereocenters. The molecule has 23 rings (SSSR count). The first-order valence-corrected chi connectivity index (χ1v) is 42.7.